The number of benzene rings is 2. The van der Waals surface area contributed by atoms with Crippen molar-refractivity contribution in [1.29, 1.82) is 0 Å². The Morgan fingerprint density at radius 2 is 1.85 bits per heavy atom. The standard InChI is InChI=1S/C17H17NO2/c1-2-8-16-14(5-1)6-3-9-17(16)20-12-10-18-13-15-7-4-11-19-15/h1-9,11,18H,10,12-13H2. The van der Waals surface area contributed by atoms with Crippen LogP contribution in [0.25, 0.3) is 10.8 Å². The van der Waals surface area contributed by atoms with E-state index in [0.29, 0.717) is 6.61 Å². The first-order chi connectivity index (χ1) is 9.93. The van der Waals surface area contributed by atoms with Gasteiger partial charge >= 0.3 is 0 Å². The summed E-state index contributed by atoms with van der Waals surface area (Å²) in [5.41, 5.74) is 0. The van der Waals surface area contributed by atoms with Gasteiger partial charge in [-0.05, 0) is 23.6 Å². The Labute approximate surface area is 118 Å². The quantitative estimate of drug-likeness (QED) is 0.693. The first-order valence-electron chi connectivity index (χ1n) is 6.77. The molecular formula is C17H17NO2. The third kappa shape index (κ3) is 3.00. The SMILES string of the molecule is c1coc(CNCCOc2cccc3ccccc23)c1. The van der Waals surface area contributed by atoms with Crippen molar-refractivity contribution in [1.82, 2.24) is 5.32 Å². The van der Waals surface area contributed by atoms with Crippen molar-refractivity contribution in [2.75, 3.05) is 13.2 Å². The smallest absolute Gasteiger partial charge is 0.127 e. The van der Waals surface area contributed by atoms with Crippen LogP contribution in [0.4, 0.5) is 0 Å². The molecule has 0 bridgehead atoms. The van der Waals surface area contributed by atoms with Crippen molar-refractivity contribution in [3.63, 3.8) is 0 Å². The lowest BCUT2D eigenvalue weighted by atomic mass is 10.1. The minimum atomic E-state index is 0.634. The van der Waals surface area contributed by atoms with Gasteiger partial charge in [0, 0.05) is 11.9 Å². The molecule has 3 nitrogen and oxygen atoms in total. The van der Waals surface area contributed by atoms with E-state index in [0.717, 1.165) is 30.0 Å². The second-order valence-electron chi connectivity index (χ2n) is 4.58. The van der Waals surface area contributed by atoms with Crippen molar-refractivity contribution in [3.8, 4) is 5.75 Å². The van der Waals surface area contributed by atoms with Crippen molar-refractivity contribution in [2.45, 2.75) is 6.54 Å². The average Bonchev–Trinajstić information content (AvgIpc) is 3.00. The first-order valence-corrected chi connectivity index (χ1v) is 6.77. The zero-order valence-corrected chi connectivity index (χ0v) is 11.2. The Balaban J connectivity index is 1.52. The van der Waals surface area contributed by atoms with E-state index in [9.17, 15) is 0 Å². The monoisotopic (exact) mass is 267 g/mol. The van der Waals surface area contributed by atoms with E-state index in [1.54, 1.807) is 6.26 Å². The molecule has 2 aromatic carbocycles. The van der Waals surface area contributed by atoms with Gasteiger partial charge in [-0.15, -0.1) is 0 Å². The maximum Gasteiger partial charge on any atom is 0.127 e. The summed E-state index contributed by atoms with van der Waals surface area (Å²) in [4.78, 5) is 0. The lowest BCUT2D eigenvalue weighted by Crippen LogP contribution is -2.20. The van der Waals surface area contributed by atoms with Crippen molar-refractivity contribution in [3.05, 3.63) is 66.6 Å². The summed E-state index contributed by atoms with van der Waals surface area (Å²) < 4.78 is 11.1. The fraction of sp³-hybridized carbons (Fsp3) is 0.176. The van der Waals surface area contributed by atoms with E-state index in [2.05, 4.69) is 23.5 Å². The van der Waals surface area contributed by atoms with Crippen LogP contribution in [-0.4, -0.2) is 13.2 Å². The zero-order chi connectivity index (χ0) is 13.6. The lowest BCUT2D eigenvalue weighted by molar-refractivity contribution is 0.314. The van der Waals surface area contributed by atoms with E-state index >= 15 is 0 Å². The topological polar surface area (TPSA) is 34.4 Å². The molecule has 0 radical (unpaired) electrons. The minimum Gasteiger partial charge on any atom is -0.492 e. The lowest BCUT2D eigenvalue weighted by Gasteiger charge is -2.09. The molecule has 1 aromatic heterocycles. The van der Waals surface area contributed by atoms with E-state index in [1.165, 1.54) is 5.39 Å². The molecular weight excluding hydrogens is 250 g/mol. The minimum absolute atomic E-state index is 0.634. The normalized spacial score (nSPS) is 10.8. The van der Waals surface area contributed by atoms with Crippen LogP contribution < -0.4 is 10.1 Å². The predicted octanol–water partition coefficient (Wildman–Crippen LogP) is 3.60. The van der Waals surface area contributed by atoms with E-state index in [1.807, 2.05) is 36.4 Å². The van der Waals surface area contributed by atoms with Crippen LogP contribution in [0, 0.1) is 0 Å². The van der Waals surface area contributed by atoms with Gasteiger partial charge in [0.15, 0.2) is 0 Å². The second-order valence-corrected chi connectivity index (χ2v) is 4.58. The van der Waals surface area contributed by atoms with Crippen LogP contribution >= 0.6 is 0 Å². The fourth-order valence-electron chi connectivity index (χ4n) is 2.18. The Bertz CT molecular complexity index is 656. The molecule has 3 heteroatoms. The molecule has 0 aliphatic carbocycles. The highest BCUT2D eigenvalue weighted by Crippen LogP contribution is 2.24. The van der Waals surface area contributed by atoms with Gasteiger partial charge < -0.3 is 14.5 Å². The van der Waals surface area contributed by atoms with Crippen LogP contribution in [0.1, 0.15) is 5.76 Å². The third-order valence-electron chi connectivity index (χ3n) is 3.17. The van der Waals surface area contributed by atoms with Crippen molar-refractivity contribution < 1.29 is 9.15 Å². The predicted molar refractivity (Wildman–Crippen MR) is 79.9 cm³/mol. The first kappa shape index (κ1) is 12.8. The van der Waals surface area contributed by atoms with E-state index in [4.69, 9.17) is 9.15 Å². The Hall–Kier alpha value is -2.26. The van der Waals surface area contributed by atoms with Gasteiger partial charge in [-0.1, -0.05) is 36.4 Å². The maximum atomic E-state index is 5.85. The summed E-state index contributed by atoms with van der Waals surface area (Å²) in [5.74, 6) is 1.87. The molecule has 0 spiro atoms. The highest BCUT2D eigenvalue weighted by Gasteiger charge is 2.00. The number of nitrogens with one attached hydrogen (secondary N) is 1. The number of rotatable bonds is 6. The molecule has 0 atom stereocenters. The number of hydrogen-bond acceptors (Lipinski definition) is 3. The largest absolute Gasteiger partial charge is 0.492 e. The summed E-state index contributed by atoms with van der Waals surface area (Å²) in [5, 5.41) is 5.64. The highest BCUT2D eigenvalue weighted by molar-refractivity contribution is 5.88. The van der Waals surface area contributed by atoms with Gasteiger partial charge in [0.25, 0.3) is 0 Å². The van der Waals surface area contributed by atoms with Gasteiger partial charge in [-0.25, -0.2) is 0 Å². The second kappa shape index (κ2) is 6.26. The van der Waals surface area contributed by atoms with Gasteiger partial charge in [0.1, 0.15) is 18.1 Å². The molecule has 1 heterocycles. The number of hydrogen-bond donors (Lipinski definition) is 1. The van der Waals surface area contributed by atoms with Gasteiger partial charge in [0.2, 0.25) is 0 Å². The molecule has 20 heavy (non-hydrogen) atoms. The number of ether oxygens (including phenoxy) is 1. The molecule has 0 saturated carbocycles. The van der Waals surface area contributed by atoms with E-state index in [-0.39, 0.29) is 0 Å². The van der Waals surface area contributed by atoms with Crippen molar-refractivity contribution >= 4 is 10.8 Å². The van der Waals surface area contributed by atoms with Crippen LogP contribution in [0.15, 0.2) is 65.3 Å². The Morgan fingerprint density at radius 1 is 0.950 bits per heavy atom. The third-order valence-corrected chi connectivity index (χ3v) is 3.17. The molecule has 0 aliphatic heterocycles. The molecule has 0 amide bonds. The van der Waals surface area contributed by atoms with Gasteiger partial charge in [-0.3, -0.25) is 0 Å². The van der Waals surface area contributed by atoms with Crippen molar-refractivity contribution in [2.24, 2.45) is 0 Å². The molecule has 0 aliphatic rings. The Kier molecular flexibility index (Phi) is 3.99. The molecule has 0 saturated heterocycles. The van der Waals surface area contributed by atoms with Crippen LogP contribution in [0.2, 0.25) is 0 Å². The maximum absolute atomic E-state index is 5.85. The van der Waals surface area contributed by atoms with Crippen LogP contribution in [-0.2, 0) is 6.54 Å². The van der Waals surface area contributed by atoms with Crippen LogP contribution in [0.5, 0.6) is 5.75 Å². The zero-order valence-electron chi connectivity index (χ0n) is 11.2. The molecule has 0 fully saturated rings. The summed E-state index contributed by atoms with van der Waals surface area (Å²) in [6, 6.07) is 18.2. The summed E-state index contributed by atoms with van der Waals surface area (Å²) in [6.07, 6.45) is 1.68. The average molecular weight is 267 g/mol. The summed E-state index contributed by atoms with van der Waals surface area (Å²) in [6.45, 7) is 2.14. The van der Waals surface area contributed by atoms with Gasteiger partial charge in [-0.2, -0.15) is 0 Å². The number of furan rings is 1. The molecule has 1 N–H and O–H groups in total. The number of fused-ring (bicyclic) bond motifs is 1. The highest BCUT2D eigenvalue weighted by atomic mass is 16.5. The molecule has 3 rings (SSSR count). The fourth-order valence-corrected chi connectivity index (χ4v) is 2.18. The summed E-state index contributed by atoms with van der Waals surface area (Å²) >= 11 is 0. The molecule has 3 aromatic rings. The molecule has 102 valence electrons. The molecule has 0 unspecified atom stereocenters. The summed E-state index contributed by atoms with van der Waals surface area (Å²) in [7, 11) is 0. The Morgan fingerprint density at radius 3 is 2.75 bits per heavy atom. The van der Waals surface area contributed by atoms with Gasteiger partial charge in [0.05, 0.1) is 12.8 Å². The van der Waals surface area contributed by atoms with E-state index < -0.39 is 0 Å². The van der Waals surface area contributed by atoms with Crippen LogP contribution in [0.3, 0.4) is 0 Å².